The van der Waals surface area contributed by atoms with E-state index >= 15 is 0 Å². The van der Waals surface area contributed by atoms with Gasteiger partial charge in [-0.15, -0.1) is 0 Å². The third kappa shape index (κ3) is 1.65. The number of nitrogens with zero attached hydrogens (tertiary/aromatic N) is 2. The maximum absolute atomic E-state index is 11.5. The zero-order chi connectivity index (χ0) is 10.0. The molecule has 0 bridgehead atoms. The molecule has 1 aliphatic rings. The van der Waals surface area contributed by atoms with Crippen LogP contribution in [0, 0.1) is 0 Å². The zero-order valence-electron chi connectivity index (χ0n) is 7.99. The van der Waals surface area contributed by atoms with Crippen LogP contribution in [0.25, 0.3) is 0 Å². The number of likely N-dealkylation sites (N-methyl/N-ethyl adjacent to an activating group) is 1. The molecule has 1 aliphatic heterocycles. The second-order valence-electron chi connectivity index (χ2n) is 3.20. The number of carbonyl (C=O) groups excluding carboxylic acids is 2. The van der Waals surface area contributed by atoms with Crippen LogP contribution in [-0.4, -0.2) is 47.9 Å². The van der Waals surface area contributed by atoms with E-state index in [9.17, 15) is 9.59 Å². The van der Waals surface area contributed by atoms with E-state index in [1.807, 2.05) is 6.92 Å². The lowest BCUT2D eigenvalue weighted by Gasteiger charge is -2.22. The summed E-state index contributed by atoms with van der Waals surface area (Å²) in [7, 11) is 1.61. The largest absolute Gasteiger partial charge is 0.328 e. The van der Waals surface area contributed by atoms with Crippen molar-refractivity contribution in [3.8, 4) is 0 Å². The first-order chi connectivity index (χ1) is 6.11. The molecule has 5 nitrogen and oxygen atoms in total. The van der Waals surface area contributed by atoms with Crippen molar-refractivity contribution in [2.75, 3.05) is 20.1 Å². The monoisotopic (exact) mass is 185 g/mol. The first-order valence-corrected chi connectivity index (χ1v) is 4.39. The van der Waals surface area contributed by atoms with Crippen LogP contribution in [0.2, 0.25) is 0 Å². The number of rotatable bonds is 3. The predicted molar refractivity (Wildman–Crippen MR) is 48.0 cm³/mol. The topological polar surface area (TPSA) is 66.6 Å². The number of nitrogens with two attached hydrogens (primary N) is 1. The Balaban J connectivity index is 2.78. The Labute approximate surface area is 77.5 Å². The Bertz CT molecular complexity index is 225. The minimum atomic E-state index is -0.234. The second kappa shape index (κ2) is 3.74. The van der Waals surface area contributed by atoms with E-state index in [2.05, 4.69) is 0 Å². The fourth-order valence-electron chi connectivity index (χ4n) is 1.45. The summed E-state index contributed by atoms with van der Waals surface area (Å²) >= 11 is 0. The lowest BCUT2D eigenvalue weighted by molar-refractivity contribution is -0.126. The molecule has 2 N–H and O–H groups in total. The average molecular weight is 185 g/mol. The van der Waals surface area contributed by atoms with Crippen molar-refractivity contribution in [2.45, 2.75) is 19.4 Å². The molecule has 1 saturated heterocycles. The number of hydrogen-bond acceptors (Lipinski definition) is 3. The summed E-state index contributed by atoms with van der Waals surface area (Å²) in [5.74, 6) is -0.148. The molecule has 0 spiro atoms. The van der Waals surface area contributed by atoms with Crippen LogP contribution in [0.1, 0.15) is 13.3 Å². The number of imide groups is 1. The van der Waals surface area contributed by atoms with Crippen molar-refractivity contribution in [3.63, 3.8) is 0 Å². The Morgan fingerprint density at radius 2 is 2.15 bits per heavy atom. The van der Waals surface area contributed by atoms with E-state index in [0.29, 0.717) is 13.0 Å². The molecular formula is C8H15N3O2. The highest BCUT2D eigenvalue weighted by Gasteiger charge is 2.37. The van der Waals surface area contributed by atoms with Crippen LogP contribution in [0.4, 0.5) is 4.79 Å². The van der Waals surface area contributed by atoms with Gasteiger partial charge in [-0.25, -0.2) is 4.79 Å². The van der Waals surface area contributed by atoms with E-state index < -0.39 is 0 Å². The van der Waals surface area contributed by atoms with Gasteiger partial charge in [-0.2, -0.15) is 0 Å². The van der Waals surface area contributed by atoms with Gasteiger partial charge in [0.15, 0.2) is 0 Å². The van der Waals surface area contributed by atoms with Crippen molar-refractivity contribution in [1.29, 1.82) is 0 Å². The predicted octanol–water partition coefficient (Wildman–Crippen LogP) is -0.382. The minimum Gasteiger partial charge on any atom is -0.328 e. The van der Waals surface area contributed by atoms with Gasteiger partial charge in [0.25, 0.3) is 5.91 Å². The molecule has 74 valence electrons. The second-order valence-corrected chi connectivity index (χ2v) is 3.20. The first kappa shape index (κ1) is 9.98. The molecule has 1 fully saturated rings. The molecule has 0 aromatic rings. The van der Waals surface area contributed by atoms with Gasteiger partial charge in [0.1, 0.15) is 6.54 Å². The van der Waals surface area contributed by atoms with Crippen LogP contribution < -0.4 is 5.73 Å². The van der Waals surface area contributed by atoms with Gasteiger partial charge in [-0.05, 0) is 6.42 Å². The highest BCUT2D eigenvalue weighted by Crippen LogP contribution is 2.13. The summed E-state index contributed by atoms with van der Waals surface area (Å²) < 4.78 is 0. The molecule has 5 heteroatoms. The maximum atomic E-state index is 11.5. The van der Waals surface area contributed by atoms with E-state index in [4.69, 9.17) is 5.73 Å². The summed E-state index contributed by atoms with van der Waals surface area (Å²) in [4.78, 5) is 25.5. The fraction of sp³-hybridized carbons (Fsp3) is 0.750. The number of hydrogen-bond donors (Lipinski definition) is 1. The van der Waals surface area contributed by atoms with Crippen molar-refractivity contribution in [1.82, 2.24) is 9.80 Å². The summed E-state index contributed by atoms with van der Waals surface area (Å²) in [6.07, 6.45) is 0.710. The molecule has 0 aliphatic carbocycles. The van der Waals surface area contributed by atoms with Crippen LogP contribution in [0.3, 0.4) is 0 Å². The van der Waals surface area contributed by atoms with Crippen molar-refractivity contribution in [3.05, 3.63) is 0 Å². The average Bonchev–Trinajstić information content (AvgIpc) is 2.34. The van der Waals surface area contributed by atoms with Gasteiger partial charge in [0.2, 0.25) is 0 Å². The quantitative estimate of drug-likeness (QED) is 0.609. The third-order valence-corrected chi connectivity index (χ3v) is 2.28. The van der Waals surface area contributed by atoms with Crippen LogP contribution in [-0.2, 0) is 4.79 Å². The highest BCUT2D eigenvalue weighted by atomic mass is 16.2. The summed E-state index contributed by atoms with van der Waals surface area (Å²) in [5.41, 5.74) is 5.47. The van der Waals surface area contributed by atoms with Crippen LogP contribution in [0.5, 0.6) is 0 Å². The standard InChI is InChI=1S/C8H15N3O2/c1-3-6(4-9)11-7(12)5-10(2)8(11)13/h6H,3-5,9H2,1-2H3. The molecule has 1 heterocycles. The maximum Gasteiger partial charge on any atom is 0.327 e. The van der Waals surface area contributed by atoms with Crippen molar-refractivity contribution in [2.24, 2.45) is 5.73 Å². The summed E-state index contributed by atoms with van der Waals surface area (Å²) in [6.45, 7) is 2.42. The smallest absolute Gasteiger partial charge is 0.327 e. The lowest BCUT2D eigenvalue weighted by Crippen LogP contribution is -2.44. The molecule has 1 rings (SSSR count). The van der Waals surface area contributed by atoms with Gasteiger partial charge in [0.05, 0.1) is 6.04 Å². The SMILES string of the molecule is CCC(CN)N1C(=O)CN(C)C1=O. The molecule has 3 amide bonds. The molecule has 0 saturated carbocycles. The van der Waals surface area contributed by atoms with E-state index in [0.717, 1.165) is 0 Å². The molecular weight excluding hydrogens is 170 g/mol. The van der Waals surface area contributed by atoms with E-state index in [1.54, 1.807) is 7.05 Å². The van der Waals surface area contributed by atoms with Crippen molar-refractivity contribution < 1.29 is 9.59 Å². The normalized spacial score (nSPS) is 19.9. The summed E-state index contributed by atoms with van der Waals surface area (Å²) in [5, 5.41) is 0. The molecule has 13 heavy (non-hydrogen) atoms. The Hall–Kier alpha value is -1.10. The molecule has 0 aromatic heterocycles. The summed E-state index contributed by atoms with van der Waals surface area (Å²) in [6, 6.07) is -0.382. The van der Waals surface area contributed by atoms with Crippen LogP contribution in [0.15, 0.2) is 0 Å². The first-order valence-electron chi connectivity index (χ1n) is 4.39. The Kier molecular flexibility index (Phi) is 2.87. The van der Waals surface area contributed by atoms with Gasteiger partial charge >= 0.3 is 6.03 Å². The van der Waals surface area contributed by atoms with Gasteiger partial charge < -0.3 is 10.6 Å². The third-order valence-electron chi connectivity index (χ3n) is 2.28. The number of urea groups is 1. The highest BCUT2D eigenvalue weighted by molar-refractivity contribution is 6.02. The van der Waals surface area contributed by atoms with Gasteiger partial charge in [0, 0.05) is 13.6 Å². The van der Waals surface area contributed by atoms with Gasteiger partial charge in [-0.3, -0.25) is 9.69 Å². The Morgan fingerprint density at radius 1 is 1.54 bits per heavy atom. The molecule has 0 radical (unpaired) electrons. The molecule has 0 aromatic carbocycles. The molecule has 1 unspecified atom stereocenters. The lowest BCUT2D eigenvalue weighted by atomic mass is 10.2. The van der Waals surface area contributed by atoms with Gasteiger partial charge in [-0.1, -0.05) is 6.92 Å². The number of amides is 3. The van der Waals surface area contributed by atoms with E-state index in [1.165, 1.54) is 9.80 Å². The minimum absolute atomic E-state index is 0.148. The van der Waals surface area contributed by atoms with Crippen molar-refractivity contribution >= 4 is 11.9 Å². The zero-order valence-corrected chi connectivity index (χ0v) is 7.99. The van der Waals surface area contributed by atoms with Crippen LogP contribution >= 0.6 is 0 Å². The van der Waals surface area contributed by atoms with E-state index in [-0.39, 0.29) is 24.5 Å². The Morgan fingerprint density at radius 3 is 2.46 bits per heavy atom. The fourth-order valence-corrected chi connectivity index (χ4v) is 1.45. The number of carbonyl (C=O) groups is 2. The molecule has 1 atom stereocenters.